The number of carboxylic acid groups (broad SMARTS) is 2. The summed E-state index contributed by atoms with van der Waals surface area (Å²) in [7, 11) is 0. The van der Waals surface area contributed by atoms with Crippen molar-refractivity contribution < 1.29 is 29.4 Å². The number of nitrogens with one attached hydrogen (secondary N) is 3. The Morgan fingerprint density at radius 2 is 1.56 bits per heavy atom. The Kier molecular flexibility index (Phi) is 9.97. The van der Waals surface area contributed by atoms with E-state index in [0.29, 0.717) is 31.4 Å². The van der Waals surface area contributed by atoms with Crippen LogP contribution in [0.3, 0.4) is 0 Å². The smallest absolute Gasteiger partial charge is 0.303 e. The van der Waals surface area contributed by atoms with Gasteiger partial charge in [0.2, 0.25) is 11.8 Å². The lowest BCUT2D eigenvalue weighted by Crippen LogP contribution is -2.31. The van der Waals surface area contributed by atoms with E-state index >= 15 is 0 Å². The first-order valence-corrected chi connectivity index (χ1v) is 15.6. The highest BCUT2D eigenvalue weighted by Crippen LogP contribution is 2.37. The Labute approximate surface area is 253 Å². The van der Waals surface area contributed by atoms with E-state index < -0.39 is 11.9 Å². The van der Waals surface area contributed by atoms with Crippen LogP contribution < -0.4 is 10.6 Å². The second-order valence-corrected chi connectivity index (χ2v) is 12.5. The molecule has 0 bridgehead atoms. The summed E-state index contributed by atoms with van der Waals surface area (Å²) in [5.41, 5.74) is 6.85. The lowest BCUT2D eigenvalue weighted by atomic mass is 9.86. The number of allylic oxidation sites excluding steroid dienone is 2. The van der Waals surface area contributed by atoms with E-state index in [9.17, 15) is 29.4 Å². The molecule has 4 heterocycles. The number of amides is 2. The molecule has 0 aromatic carbocycles. The maximum Gasteiger partial charge on any atom is 0.303 e. The topological polar surface area (TPSA) is 161 Å². The number of H-pyrrole nitrogens is 1. The monoisotopic (exact) mass is 594 g/mol. The summed E-state index contributed by atoms with van der Waals surface area (Å²) in [6, 6.07) is -0.0650. The van der Waals surface area contributed by atoms with Crippen LogP contribution in [0.2, 0.25) is 0 Å². The molecule has 43 heavy (non-hydrogen) atoms. The predicted octanol–water partition coefficient (Wildman–Crippen LogP) is 4.57. The molecule has 0 spiro atoms. The third kappa shape index (κ3) is 6.78. The van der Waals surface area contributed by atoms with Crippen LogP contribution in [0.25, 0.3) is 6.08 Å². The van der Waals surface area contributed by atoms with Crippen LogP contribution in [-0.4, -0.2) is 56.7 Å². The fraction of sp³-hybridized carbons (Fsp3) is 0.606. The molecular weight excluding hydrogens is 548 g/mol. The Morgan fingerprint density at radius 3 is 2.16 bits per heavy atom. The number of carbonyl (C=O) groups excluding carboxylic acids is 2. The number of aliphatic carboxylic acids is 2. The van der Waals surface area contributed by atoms with Crippen LogP contribution >= 0.6 is 0 Å². The van der Waals surface area contributed by atoms with Crippen LogP contribution in [0.1, 0.15) is 95.7 Å². The number of hydrogen-bond acceptors (Lipinski definition) is 5. The van der Waals surface area contributed by atoms with Gasteiger partial charge in [-0.1, -0.05) is 34.1 Å². The van der Waals surface area contributed by atoms with Gasteiger partial charge in [-0.05, 0) is 73.3 Å². The molecule has 4 rings (SSSR count). The summed E-state index contributed by atoms with van der Waals surface area (Å²) in [4.78, 5) is 56.5. The van der Waals surface area contributed by atoms with Gasteiger partial charge < -0.3 is 25.8 Å². The van der Waals surface area contributed by atoms with Gasteiger partial charge in [0.1, 0.15) is 0 Å². The maximum atomic E-state index is 12.5. The van der Waals surface area contributed by atoms with Gasteiger partial charge in [0.05, 0.1) is 5.70 Å². The average Bonchev–Trinajstić information content (AvgIpc) is 3.59. The molecule has 2 amide bonds. The Bertz CT molecular complexity index is 1390. The quantitative estimate of drug-likeness (QED) is 0.225. The number of aromatic amines is 1. The first kappa shape index (κ1) is 32.2. The standard InChI is InChI=1S/C33H46N4O6/c1-7-20-19(6)32(42)37-27(20)14-25-18(5)23(10-12-31(40)41)29(35-25)15-28-22(9-11-30(38)39)17(4)24(34-28)13-26-16(3)21(8-2)33(43)36-26/h15-16,19-21,26-27,34H,7-14H2,1-6H3,(H,36,43)(H,37,42)(H,38,39)(H,40,41)/b29-15+. The first-order valence-electron chi connectivity index (χ1n) is 15.6. The van der Waals surface area contributed by atoms with Crippen molar-refractivity contribution >= 4 is 35.5 Å². The molecule has 10 nitrogen and oxygen atoms in total. The van der Waals surface area contributed by atoms with Gasteiger partial charge in [0, 0.05) is 66.7 Å². The lowest BCUT2D eigenvalue weighted by Gasteiger charge is -2.19. The van der Waals surface area contributed by atoms with Crippen LogP contribution in [0.4, 0.5) is 0 Å². The molecule has 1 aromatic heterocycles. The highest BCUT2D eigenvalue weighted by atomic mass is 16.4. The van der Waals surface area contributed by atoms with Gasteiger partial charge >= 0.3 is 11.9 Å². The van der Waals surface area contributed by atoms with Crippen LogP contribution in [0.5, 0.6) is 0 Å². The molecule has 1 aromatic rings. The van der Waals surface area contributed by atoms with Crippen molar-refractivity contribution in [3.63, 3.8) is 0 Å². The fourth-order valence-corrected chi connectivity index (χ4v) is 7.23. The molecule has 3 aliphatic rings. The molecule has 6 atom stereocenters. The van der Waals surface area contributed by atoms with Gasteiger partial charge in [-0.15, -0.1) is 0 Å². The number of carbonyl (C=O) groups is 4. The molecule has 2 saturated heterocycles. The molecule has 0 radical (unpaired) electrons. The Morgan fingerprint density at radius 1 is 0.907 bits per heavy atom. The summed E-state index contributed by atoms with van der Waals surface area (Å²) in [5.74, 6) is -1.38. The van der Waals surface area contributed by atoms with Crippen molar-refractivity contribution in [3.8, 4) is 0 Å². The largest absolute Gasteiger partial charge is 0.481 e. The van der Waals surface area contributed by atoms with Crippen molar-refractivity contribution in [2.45, 2.75) is 105 Å². The summed E-state index contributed by atoms with van der Waals surface area (Å²) in [5, 5.41) is 25.2. The molecule has 0 saturated carbocycles. The van der Waals surface area contributed by atoms with Gasteiger partial charge in [-0.2, -0.15) is 0 Å². The van der Waals surface area contributed by atoms with E-state index in [0.717, 1.165) is 52.2 Å². The van der Waals surface area contributed by atoms with Crippen molar-refractivity contribution in [1.82, 2.24) is 15.6 Å². The second kappa shape index (κ2) is 13.3. The third-order valence-corrected chi connectivity index (χ3v) is 10.0. The molecule has 0 aliphatic carbocycles. The normalized spacial score (nSPS) is 28.0. The van der Waals surface area contributed by atoms with E-state index in [-0.39, 0.29) is 60.4 Å². The van der Waals surface area contributed by atoms with Gasteiger partial charge in [-0.25, -0.2) is 0 Å². The molecule has 3 aliphatic heterocycles. The Balaban J connectivity index is 1.71. The summed E-state index contributed by atoms with van der Waals surface area (Å²) >= 11 is 0. The number of aromatic nitrogens is 1. The minimum Gasteiger partial charge on any atom is -0.481 e. The molecule has 5 N–H and O–H groups in total. The third-order valence-electron chi connectivity index (χ3n) is 10.0. The molecule has 2 fully saturated rings. The summed E-state index contributed by atoms with van der Waals surface area (Å²) < 4.78 is 0. The van der Waals surface area contributed by atoms with E-state index in [1.54, 1.807) is 0 Å². The lowest BCUT2D eigenvalue weighted by molar-refractivity contribution is -0.138. The highest BCUT2D eigenvalue weighted by molar-refractivity contribution is 6.06. The first-order chi connectivity index (χ1) is 20.4. The number of nitrogens with zero attached hydrogens (tertiary/aromatic N) is 1. The van der Waals surface area contributed by atoms with E-state index in [1.165, 1.54) is 0 Å². The second-order valence-electron chi connectivity index (χ2n) is 12.5. The predicted molar refractivity (Wildman–Crippen MR) is 165 cm³/mol. The van der Waals surface area contributed by atoms with E-state index in [1.807, 2.05) is 33.8 Å². The minimum atomic E-state index is -0.894. The summed E-state index contributed by atoms with van der Waals surface area (Å²) in [6.45, 7) is 12.1. The Hall–Kier alpha value is -3.69. The van der Waals surface area contributed by atoms with Crippen molar-refractivity contribution in [3.05, 3.63) is 39.4 Å². The van der Waals surface area contributed by atoms with Crippen LogP contribution in [0, 0.1) is 30.6 Å². The zero-order valence-corrected chi connectivity index (χ0v) is 26.2. The van der Waals surface area contributed by atoms with E-state index in [2.05, 4.69) is 29.5 Å². The maximum absolute atomic E-state index is 12.5. The number of hydrogen-bond donors (Lipinski definition) is 5. The van der Waals surface area contributed by atoms with Crippen molar-refractivity contribution in [2.75, 3.05) is 0 Å². The number of rotatable bonds is 13. The van der Waals surface area contributed by atoms with Crippen LogP contribution in [-0.2, 0) is 32.0 Å². The molecule has 234 valence electrons. The van der Waals surface area contributed by atoms with Gasteiger partial charge in [-0.3, -0.25) is 24.2 Å². The van der Waals surface area contributed by atoms with Crippen molar-refractivity contribution in [1.29, 1.82) is 0 Å². The van der Waals surface area contributed by atoms with Gasteiger partial charge in [0.15, 0.2) is 0 Å². The highest BCUT2D eigenvalue weighted by Gasteiger charge is 2.40. The minimum absolute atomic E-state index is 0.0237. The molecule has 10 heteroatoms. The molecular formula is C33H46N4O6. The average molecular weight is 595 g/mol. The van der Waals surface area contributed by atoms with E-state index in [4.69, 9.17) is 4.99 Å². The zero-order valence-electron chi connectivity index (χ0n) is 26.2. The fourth-order valence-electron chi connectivity index (χ4n) is 7.23. The zero-order chi connectivity index (χ0) is 31.6. The number of carboxylic acids is 2. The van der Waals surface area contributed by atoms with Crippen LogP contribution in [0.15, 0.2) is 21.8 Å². The SMILES string of the molecule is CCC1C(=O)NC(Cc2[nH]c(/C=C3/N=C(CC4NC(=O)C(C)C4CC)C(C)=C3CCC(=O)O)c(CCC(=O)O)c2C)C1C. The molecule has 6 unspecified atom stereocenters. The summed E-state index contributed by atoms with van der Waals surface area (Å²) in [6.07, 6.45) is 5.30. The van der Waals surface area contributed by atoms with Gasteiger partial charge in [0.25, 0.3) is 0 Å². The number of aliphatic imine (C=N–C) groups is 1. The van der Waals surface area contributed by atoms with Crippen molar-refractivity contribution in [2.24, 2.45) is 28.7 Å².